The highest BCUT2D eigenvalue weighted by Gasteiger charge is 2.18. The number of hydrogen-bond acceptors (Lipinski definition) is 6. The third-order valence-corrected chi connectivity index (χ3v) is 2.85. The van der Waals surface area contributed by atoms with E-state index in [0.29, 0.717) is 11.3 Å². The number of nitrogens with zero attached hydrogens (tertiary/aromatic N) is 4. The number of non-ortho nitro benzene ring substituents is 1. The largest absolute Gasteiger partial charge is 0.493 e. The van der Waals surface area contributed by atoms with Crippen molar-refractivity contribution in [3.05, 3.63) is 39.6 Å². The molecular formula is C13H12N4O4. The molecule has 0 bridgehead atoms. The molecule has 0 N–H and O–H groups in total. The van der Waals surface area contributed by atoms with E-state index in [0.717, 1.165) is 0 Å². The number of benzene rings is 1. The second-order valence-electron chi connectivity index (χ2n) is 4.20. The maximum absolute atomic E-state index is 10.7. The Balaban J connectivity index is 2.45. The van der Waals surface area contributed by atoms with Gasteiger partial charge in [-0.2, -0.15) is 10.4 Å². The van der Waals surface area contributed by atoms with Gasteiger partial charge in [0.2, 0.25) is 5.88 Å². The Morgan fingerprint density at radius 3 is 2.71 bits per heavy atom. The molecule has 0 fully saturated rings. The van der Waals surface area contributed by atoms with Crippen molar-refractivity contribution >= 4 is 5.69 Å². The fourth-order valence-electron chi connectivity index (χ4n) is 1.84. The average Bonchev–Trinajstić information content (AvgIpc) is 2.72. The van der Waals surface area contributed by atoms with Crippen molar-refractivity contribution in [2.24, 2.45) is 7.05 Å². The molecule has 0 saturated carbocycles. The van der Waals surface area contributed by atoms with Crippen LogP contribution >= 0.6 is 0 Å². The van der Waals surface area contributed by atoms with Crippen LogP contribution in [-0.2, 0) is 7.05 Å². The van der Waals surface area contributed by atoms with Gasteiger partial charge in [-0.05, 0) is 13.0 Å². The van der Waals surface area contributed by atoms with Crippen LogP contribution < -0.4 is 9.47 Å². The topological polar surface area (TPSA) is 103 Å². The summed E-state index contributed by atoms with van der Waals surface area (Å²) in [5.41, 5.74) is 0.731. The molecule has 0 unspecified atom stereocenters. The standard InChI is InChI=1S/C13H12N4O4/c1-8-10(7-14)13(16(2)15-8)21-11-5-4-9(17(18)19)6-12(11)20-3/h4-6H,1-3H3. The monoisotopic (exact) mass is 288 g/mol. The van der Waals surface area contributed by atoms with Crippen LogP contribution in [0.1, 0.15) is 11.3 Å². The lowest BCUT2D eigenvalue weighted by Gasteiger charge is -2.10. The van der Waals surface area contributed by atoms with Gasteiger partial charge in [0.15, 0.2) is 11.5 Å². The van der Waals surface area contributed by atoms with Gasteiger partial charge in [-0.1, -0.05) is 0 Å². The van der Waals surface area contributed by atoms with E-state index in [1.165, 1.54) is 30.0 Å². The predicted molar refractivity (Wildman–Crippen MR) is 72.4 cm³/mol. The maximum atomic E-state index is 10.7. The number of ether oxygens (including phenoxy) is 2. The fourth-order valence-corrected chi connectivity index (χ4v) is 1.84. The number of rotatable bonds is 4. The molecule has 0 atom stereocenters. The SMILES string of the molecule is COc1cc([N+](=O)[O-])ccc1Oc1c(C#N)c(C)nn1C. The molecule has 2 rings (SSSR count). The number of aryl methyl sites for hydroxylation is 2. The molecule has 108 valence electrons. The first-order valence-corrected chi connectivity index (χ1v) is 5.92. The lowest BCUT2D eigenvalue weighted by Crippen LogP contribution is -1.98. The lowest BCUT2D eigenvalue weighted by atomic mass is 10.2. The van der Waals surface area contributed by atoms with E-state index >= 15 is 0 Å². The minimum absolute atomic E-state index is 0.110. The Kier molecular flexibility index (Phi) is 3.75. The van der Waals surface area contributed by atoms with Gasteiger partial charge in [-0.3, -0.25) is 10.1 Å². The average molecular weight is 288 g/mol. The van der Waals surface area contributed by atoms with E-state index in [-0.39, 0.29) is 23.1 Å². The number of hydrogen-bond donors (Lipinski definition) is 0. The molecule has 1 aromatic carbocycles. The summed E-state index contributed by atoms with van der Waals surface area (Å²) in [6.45, 7) is 1.69. The van der Waals surface area contributed by atoms with E-state index < -0.39 is 4.92 Å². The molecule has 0 spiro atoms. The quantitative estimate of drug-likeness (QED) is 0.631. The van der Waals surface area contributed by atoms with Gasteiger partial charge in [0, 0.05) is 13.1 Å². The van der Waals surface area contributed by atoms with Crippen LogP contribution in [0.5, 0.6) is 17.4 Å². The highest BCUT2D eigenvalue weighted by atomic mass is 16.6. The van der Waals surface area contributed by atoms with Gasteiger partial charge in [0.05, 0.1) is 23.8 Å². The third-order valence-electron chi connectivity index (χ3n) is 2.85. The van der Waals surface area contributed by atoms with Crippen LogP contribution in [0, 0.1) is 28.4 Å². The molecule has 0 saturated heterocycles. The Hall–Kier alpha value is -3.08. The molecule has 1 aromatic heterocycles. The maximum Gasteiger partial charge on any atom is 0.273 e. The molecule has 0 aliphatic carbocycles. The first-order valence-electron chi connectivity index (χ1n) is 5.92. The van der Waals surface area contributed by atoms with Crippen molar-refractivity contribution in [3.63, 3.8) is 0 Å². The van der Waals surface area contributed by atoms with Crippen LogP contribution in [0.4, 0.5) is 5.69 Å². The van der Waals surface area contributed by atoms with Gasteiger partial charge in [0.25, 0.3) is 5.69 Å². The highest BCUT2D eigenvalue weighted by molar-refractivity contribution is 5.51. The third kappa shape index (κ3) is 2.62. The van der Waals surface area contributed by atoms with Gasteiger partial charge in [-0.15, -0.1) is 0 Å². The van der Waals surface area contributed by atoms with Crippen LogP contribution in [0.2, 0.25) is 0 Å². The summed E-state index contributed by atoms with van der Waals surface area (Å²) in [4.78, 5) is 10.2. The highest BCUT2D eigenvalue weighted by Crippen LogP contribution is 2.35. The molecular weight excluding hydrogens is 276 g/mol. The molecule has 0 aliphatic rings. The fraction of sp³-hybridized carbons (Fsp3) is 0.231. The summed E-state index contributed by atoms with van der Waals surface area (Å²) < 4.78 is 12.2. The number of methoxy groups -OCH3 is 1. The van der Waals surface area contributed by atoms with E-state index in [2.05, 4.69) is 5.10 Å². The van der Waals surface area contributed by atoms with Crippen LogP contribution in [0.15, 0.2) is 18.2 Å². The van der Waals surface area contributed by atoms with E-state index in [9.17, 15) is 10.1 Å². The summed E-state index contributed by atoms with van der Waals surface area (Å²) in [6.07, 6.45) is 0. The van der Waals surface area contributed by atoms with Gasteiger partial charge in [-0.25, -0.2) is 4.68 Å². The summed E-state index contributed by atoms with van der Waals surface area (Å²) in [7, 11) is 3.02. The van der Waals surface area contributed by atoms with E-state index in [4.69, 9.17) is 14.7 Å². The zero-order valence-corrected chi connectivity index (χ0v) is 11.7. The predicted octanol–water partition coefficient (Wildman–Crippen LogP) is 2.31. The number of aromatic nitrogens is 2. The summed E-state index contributed by atoms with van der Waals surface area (Å²) in [6, 6.07) is 5.99. The molecule has 0 radical (unpaired) electrons. The molecule has 21 heavy (non-hydrogen) atoms. The van der Waals surface area contributed by atoms with Crippen molar-refractivity contribution < 1.29 is 14.4 Å². The zero-order chi connectivity index (χ0) is 15.6. The van der Waals surface area contributed by atoms with Crippen molar-refractivity contribution in [2.75, 3.05) is 7.11 Å². The Morgan fingerprint density at radius 2 is 2.14 bits per heavy atom. The molecule has 2 aromatic rings. The van der Waals surface area contributed by atoms with Crippen molar-refractivity contribution in [1.29, 1.82) is 5.26 Å². The molecule has 1 heterocycles. The Morgan fingerprint density at radius 1 is 1.43 bits per heavy atom. The van der Waals surface area contributed by atoms with Crippen LogP contribution in [-0.4, -0.2) is 21.8 Å². The number of nitro groups is 1. The minimum Gasteiger partial charge on any atom is -0.493 e. The molecule has 0 aliphatic heterocycles. The van der Waals surface area contributed by atoms with Crippen molar-refractivity contribution in [2.45, 2.75) is 6.92 Å². The summed E-state index contributed by atoms with van der Waals surface area (Å²) >= 11 is 0. The van der Waals surface area contributed by atoms with Crippen molar-refractivity contribution in [3.8, 4) is 23.4 Å². The van der Waals surface area contributed by atoms with Crippen LogP contribution in [0.3, 0.4) is 0 Å². The van der Waals surface area contributed by atoms with E-state index in [1.807, 2.05) is 6.07 Å². The summed E-state index contributed by atoms with van der Waals surface area (Å²) in [5, 5.41) is 24.0. The van der Waals surface area contributed by atoms with Gasteiger partial charge >= 0.3 is 0 Å². The lowest BCUT2D eigenvalue weighted by molar-refractivity contribution is -0.384. The molecule has 8 heteroatoms. The van der Waals surface area contributed by atoms with Crippen LogP contribution in [0.25, 0.3) is 0 Å². The number of nitriles is 1. The van der Waals surface area contributed by atoms with Crippen molar-refractivity contribution in [1.82, 2.24) is 9.78 Å². The smallest absolute Gasteiger partial charge is 0.273 e. The minimum atomic E-state index is -0.527. The van der Waals surface area contributed by atoms with E-state index in [1.54, 1.807) is 14.0 Å². The zero-order valence-electron chi connectivity index (χ0n) is 11.7. The molecule has 0 amide bonds. The number of nitro benzene ring substituents is 1. The first-order chi connectivity index (χ1) is 9.97. The second-order valence-corrected chi connectivity index (χ2v) is 4.20. The Bertz CT molecular complexity index is 745. The Labute approximate surface area is 120 Å². The summed E-state index contributed by atoms with van der Waals surface area (Å²) in [5.74, 6) is 0.719. The first kappa shape index (κ1) is 14.3. The van der Waals surface area contributed by atoms with Gasteiger partial charge in [0.1, 0.15) is 11.6 Å². The normalized spacial score (nSPS) is 10.0. The second kappa shape index (κ2) is 5.50. The van der Waals surface area contributed by atoms with Gasteiger partial charge < -0.3 is 9.47 Å². The molecule has 8 nitrogen and oxygen atoms in total.